The van der Waals surface area contributed by atoms with Crippen LogP contribution in [0.4, 0.5) is 18.9 Å². The topological polar surface area (TPSA) is 75.2 Å². The van der Waals surface area contributed by atoms with E-state index in [4.69, 9.17) is 10.5 Å². The monoisotopic (exact) mass is 466 g/mol. The zero-order valence-corrected chi connectivity index (χ0v) is 18.8. The number of rotatable bonds is 5. The number of nitrogens with two attached hydrogens (primary N) is 1. The van der Waals surface area contributed by atoms with Crippen LogP contribution in [0.3, 0.4) is 0 Å². The van der Waals surface area contributed by atoms with Gasteiger partial charge < -0.3 is 15.4 Å². The van der Waals surface area contributed by atoms with E-state index in [9.17, 15) is 18.4 Å². The van der Waals surface area contributed by atoms with Gasteiger partial charge in [-0.2, -0.15) is 18.4 Å². The molecule has 0 atom stereocenters. The lowest BCUT2D eigenvalue weighted by Crippen LogP contribution is -2.48. The predicted octanol–water partition coefficient (Wildman–Crippen LogP) is 5.49. The van der Waals surface area contributed by atoms with Crippen molar-refractivity contribution in [1.29, 1.82) is 5.26 Å². The van der Waals surface area contributed by atoms with E-state index in [-0.39, 0.29) is 5.56 Å². The number of hydrogen-bond acceptors (Lipinski definition) is 5. The second-order valence-electron chi connectivity index (χ2n) is 8.35. The summed E-state index contributed by atoms with van der Waals surface area (Å²) in [6.45, 7) is 3.51. The Labute approximate surface area is 196 Å². The molecule has 1 aliphatic rings. The fraction of sp³-hybridized carbons (Fsp3) is 0.308. The number of anilines is 1. The number of alkyl halides is 3. The zero-order chi connectivity index (χ0) is 24.3. The van der Waals surface area contributed by atoms with E-state index in [1.165, 1.54) is 6.07 Å². The number of benzene rings is 2. The van der Waals surface area contributed by atoms with Crippen molar-refractivity contribution in [3.05, 3.63) is 77.5 Å². The van der Waals surface area contributed by atoms with Crippen molar-refractivity contribution in [1.82, 2.24) is 4.98 Å². The van der Waals surface area contributed by atoms with E-state index in [0.29, 0.717) is 44.1 Å². The number of nitrogens with zero attached hydrogens (tertiary/aromatic N) is 3. The summed E-state index contributed by atoms with van der Waals surface area (Å²) < 4.78 is 44.7. The van der Waals surface area contributed by atoms with E-state index in [2.05, 4.69) is 4.98 Å². The molecule has 0 saturated carbocycles. The summed E-state index contributed by atoms with van der Waals surface area (Å²) in [4.78, 5) is 6.24. The third-order valence-electron chi connectivity index (χ3n) is 6.26. The van der Waals surface area contributed by atoms with Crippen LogP contribution in [0.15, 0.2) is 60.8 Å². The molecule has 34 heavy (non-hydrogen) atoms. The number of aromatic nitrogens is 1. The molecule has 0 amide bonds. The Hall–Kier alpha value is -3.57. The van der Waals surface area contributed by atoms with Gasteiger partial charge in [0.25, 0.3) is 0 Å². The molecule has 1 aliphatic heterocycles. The highest BCUT2D eigenvalue weighted by molar-refractivity contribution is 5.69. The first-order valence-electron chi connectivity index (χ1n) is 11.1. The molecule has 1 aromatic heterocycles. The molecule has 0 unspecified atom stereocenters. The smallest absolute Gasteiger partial charge is 0.416 e. The van der Waals surface area contributed by atoms with Crippen molar-refractivity contribution in [3.63, 3.8) is 0 Å². The number of piperidine rings is 1. The van der Waals surface area contributed by atoms with Crippen molar-refractivity contribution in [2.24, 2.45) is 5.73 Å². The van der Waals surface area contributed by atoms with Crippen LogP contribution in [-0.2, 0) is 11.7 Å². The molecule has 4 rings (SSSR count). The van der Waals surface area contributed by atoms with Gasteiger partial charge in [-0.05, 0) is 61.2 Å². The third-order valence-corrected chi connectivity index (χ3v) is 6.26. The first-order chi connectivity index (χ1) is 16.2. The molecule has 1 saturated heterocycles. The summed E-state index contributed by atoms with van der Waals surface area (Å²) in [5.74, 6) is 0.582. The summed E-state index contributed by atoms with van der Waals surface area (Å²) >= 11 is 0. The summed E-state index contributed by atoms with van der Waals surface area (Å²) in [6, 6.07) is 17.0. The Balaban J connectivity index is 1.50. The van der Waals surface area contributed by atoms with Crippen LogP contribution in [0.5, 0.6) is 5.88 Å². The van der Waals surface area contributed by atoms with E-state index < -0.39 is 17.3 Å². The second-order valence-corrected chi connectivity index (χ2v) is 8.35. The van der Waals surface area contributed by atoms with Gasteiger partial charge in [0, 0.05) is 30.4 Å². The van der Waals surface area contributed by atoms with Crippen LogP contribution in [-0.4, -0.2) is 24.7 Å². The fourth-order valence-electron chi connectivity index (χ4n) is 4.36. The van der Waals surface area contributed by atoms with Gasteiger partial charge in [-0.1, -0.05) is 24.3 Å². The number of pyridine rings is 1. The summed E-state index contributed by atoms with van der Waals surface area (Å²) in [5.41, 5.74) is 8.78. The van der Waals surface area contributed by atoms with Crippen molar-refractivity contribution in [3.8, 4) is 23.1 Å². The molecule has 1 fully saturated rings. The van der Waals surface area contributed by atoms with E-state index in [1.807, 2.05) is 54.3 Å². The van der Waals surface area contributed by atoms with E-state index in [1.54, 1.807) is 6.20 Å². The van der Waals surface area contributed by atoms with Gasteiger partial charge in [-0.25, -0.2) is 4.98 Å². The lowest BCUT2D eigenvalue weighted by Gasteiger charge is -2.41. The Morgan fingerprint density at radius 3 is 2.44 bits per heavy atom. The minimum atomic E-state index is -4.48. The molecule has 2 N–H and O–H groups in total. The molecule has 176 valence electrons. The largest absolute Gasteiger partial charge is 0.478 e. The second kappa shape index (κ2) is 9.35. The maximum Gasteiger partial charge on any atom is 0.416 e. The summed E-state index contributed by atoms with van der Waals surface area (Å²) in [6.07, 6.45) is -1.57. The number of ether oxygens (including phenoxy) is 1. The molecular weight excluding hydrogens is 441 g/mol. The Morgan fingerprint density at radius 2 is 1.82 bits per heavy atom. The number of halogens is 3. The molecule has 2 aromatic carbocycles. The Bertz CT molecular complexity index is 1190. The lowest BCUT2D eigenvalue weighted by atomic mass is 9.81. The molecule has 3 aromatic rings. The van der Waals surface area contributed by atoms with Gasteiger partial charge in [0.15, 0.2) is 0 Å². The van der Waals surface area contributed by atoms with Gasteiger partial charge in [0.1, 0.15) is 6.07 Å². The quantitative estimate of drug-likeness (QED) is 0.538. The zero-order valence-electron chi connectivity index (χ0n) is 18.8. The average Bonchev–Trinajstić information content (AvgIpc) is 2.84. The van der Waals surface area contributed by atoms with Crippen molar-refractivity contribution >= 4 is 5.69 Å². The number of nitriles is 1. The van der Waals surface area contributed by atoms with Gasteiger partial charge in [0.2, 0.25) is 5.88 Å². The van der Waals surface area contributed by atoms with E-state index in [0.717, 1.165) is 28.8 Å². The average molecular weight is 467 g/mol. The molecule has 5 nitrogen and oxygen atoms in total. The van der Waals surface area contributed by atoms with Gasteiger partial charge >= 0.3 is 6.18 Å². The Morgan fingerprint density at radius 1 is 1.12 bits per heavy atom. The first kappa shape index (κ1) is 23.6. The molecule has 0 aliphatic carbocycles. The third kappa shape index (κ3) is 4.70. The Kier molecular flexibility index (Phi) is 6.49. The highest BCUT2D eigenvalue weighted by Crippen LogP contribution is 2.37. The van der Waals surface area contributed by atoms with Crippen LogP contribution in [0.2, 0.25) is 0 Å². The van der Waals surface area contributed by atoms with E-state index >= 15 is 0 Å². The SMILES string of the molecule is CCOc1ncccc1-c1ccc(C2(N)CCN(c3ccc(C(F)(F)F)cc3C#N)CC2)cc1. The summed E-state index contributed by atoms with van der Waals surface area (Å²) in [5, 5.41) is 9.41. The van der Waals surface area contributed by atoms with Gasteiger partial charge in [-0.3, -0.25) is 0 Å². The fourth-order valence-corrected chi connectivity index (χ4v) is 4.36. The molecule has 2 heterocycles. The minimum Gasteiger partial charge on any atom is -0.478 e. The normalized spacial score (nSPS) is 15.6. The van der Waals surface area contributed by atoms with Crippen molar-refractivity contribution < 1.29 is 17.9 Å². The molecule has 0 spiro atoms. The van der Waals surface area contributed by atoms with Crippen LogP contribution in [0.25, 0.3) is 11.1 Å². The first-order valence-corrected chi connectivity index (χ1v) is 11.1. The molecule has 0 bridgehead atoms. The predicted molar refractivity (Wildman–Crippen MR) is 124 cm³/mol. The standard InChI is InChI=1S/C26H25F3N4O/c1-2-34-24-22(4-3-13-32-24)18-5-7-20(8-6-18)25(31)11-14-33(15-12-25)23-10-9-21(26(27,28)29)16-19(23)17-30/h3-10,13,16H,2,11-12,14-15,31H2,1H3. The molecule has 0 radical (unpaired) electrons. The van der Waals surface area contributed by atoms with Crippen LogP contribution >= 0.6 is 0 Å². The molecular formula is C26H25F3N4O. The lowest BCUT2D eigenvalue weighted by molar-refractivity contribution is -0.137. The number of hydrogen-bond donors (Lipinski definition) is 1. The maximum absolute atomic E-state index is 13.0. The highest BCUT2D eigenvalue weighted by atomic mass is 19.4. The molecule has 8 heteroatoms. The van der Waals surface area contributed by atoms with Crippen LogP contribution in [0.1, 0.15) is 36.5 Å². The van der Waals surface area contributed by atoms with Gasteiger partial charge in [0.05, 0.1) is 23.4 Å². The van der Waals surface area contributed by atoms with Crippen LogP contribution in [0, 0.1) is 11.3 Å². The van der Waals surface area contributed by atoms with Gasteiger partial charge in [-0.15, -0.1) is 0 Å². The van der Waals surface area contributed by atoms with Crippen molar-refractivity contribution in [2.45, 2.75) is 31.5 Å². The van der Waals surface area contributed by atoms with Crippen LogP contribution < -0.4 is 15.4 Å². The highest BCUT2D eigenvalue weighted by Gasteiger charge is 2.35. The maximum atomic E-state index is 13.0. The minimum absolute atomic E-state index is 0.0188. The van der Waals surface area contributed by atoms with Crippen molar-refractivity contribution in [2.75, 3.05) is 24.6 Å². The summed E-state index contributed by atoms with van der Waals surface area (Å²) in [7, 11) is 0.